The molecule has 6 heterocycles. The molecular weight excluding hydrogens is 1030 g/mol. The van der Waals surface area contributed by atoms with E-state index in [0.717, 1.165) is 105 Å². The van der Waals surface area contributed by atoms with Crippen LogP contribution >= 0.6 is 0 Å². The van der Waals surface area contributed by atoms with Crippen LogP contribution in [-0.4, -0.2) is 28.2 Å². The molecule has 0 aliphatic carbocycles. The molecule has 0 atom stereocenters. The third-order valence-corrected chi connectivity index (χ3v) is 13.6. The Labute approximate surface area is 420 Å². The maximum absolute atomic E-state index is 5.23. The summed E-state index contributed by atoms with van der Waals surface area (Å²) >= 11 is 0. The van der Waals surface area contributed by atoms with Gasteiger partial charge in [0.15, 0.2) is 0 Å². The molecule has 336 valence electrons. The molecule has 70 heavy (non-hydrogen) atoms. The Bertz CT molecular complexity index is 3590. The van der Waals surface area contributed by atoms with Crippen LogP contribution in [-0.2, 0) is 58.6 Å². The van der Waals surface area contributed by atoms with Gasteiger partial charge < -0.3 is 13.2 Å². The van der Waals surface area contributed by atoms with Gasteiger partial charge in [-0.2, -0.15) is 0 Å². The van der Waals surface area contributed by atoms with Gasteiger partial charge in [-0.1, -0.05) is 125 Å². The molecule has 0 amide bonds. The van der Waals surface area contributed by atoms with Crippen molar-refractivity contribution in [2.24, 2.45) is 0 Å². The molecule has 7 heteroatoms. The molecule has 13 aromatic rings. The van der Waals surface area contributed by atoms with Crippen LogP contribution in [0, 0.1) is 18.2 Å². The molecule has 6 nitrogen and oxygen atoms in total. The minimum atomic E-state index is 0. The van der Waals surface area contributed by atoms with Crippen LogP contribution in [0.5, 0.6) is 0 Å². The molecule has 0 fully saturated rings. The van der Waals surface area contributed by atoms with E-state index in [1.165, 1.54) is 50.1 Å². The first-order chi connectivity index (χ1) is 34.1. The molecule has 0 saturated heterocycles. The summed E-state index contributed by atoms with van der Waals surface area (Å²) in [6, 6.07) is 68.2. The van der Waals surface area contributed by atoms with E-state index in [9.17, 15) is 0 Å². The first kappa shape index (κ1) is 43.3. The van der Waals surface area contributed by atoms with Crippen molar-refractivity contribution in [2.75, 3.05) is 0 Å². The molecule has 0 radical (unpaired) electrons. The van der Waals surface area contributed by atoms with E-state index in [4.69, 9.17) is 15.0 Å². The van der Waals surface area contributed by atoms with Crippen molar-refractivity contribution in [3.63, 3.8) is 0 Å². The number of aromatic nitrogens is 6. The molecule has 0 N–H and O–H groups in total. The Morgan fingerprint density at radius 3 is 0.929 bits per heavy atom. The smallest absolute Gasteiger partial charge is 0.346 e. The summed E-state index contributed by atoms with van der Waals surface area (Å²) in [5.41, 5.74) is 17.1. The van der Waals surface area contributed by atoms with E-state index in [1.54, 1.807) is 0 Å². The normalized spacial score (nSPS) is 11.7. The van der Waals surface area contributed by atoms with Crippen molar-refractivity contribution in [2.45, 2.75) is 38.5 Å². The van der Waals surface area contributed by atoms with Crippen LogP contribution in [0.4, 0.5) is 0 Å². The first-order valence-electron chi connectivity index (χ1n) is 23.9. The van der Waals surface area contributed by atoms with Crippen LogP contribution in [0.25, 0.3) is 82.6 Å². The molecule has 7 aromatic carbocycles. The summed E-state index contributed by atoms with van der Waals surface area (Å²) in [5, 5.41) is 6.60. The fraction of sp³-hybridized carbons (Fsp3) is 0.0952. The molecule has 13 rings (SSSR count). The van der Waals surface area contributed by atoms with E-state index in [0.29, 0.717) is 0 Å². The summed E-state index contributed by atoms with van der Waals surface area (Å²) in [5.74, 6) is 0. The Balaban J connectivity index is 0.00000505. The topological polar surface area (TPSA) is 51.9 Å². The zero-order valence-electron chi connectivity index (χ0n) is 38.3. The molecule has 0 saturated carbocycles. The standard InChI is InChI=1S/C63H45N6.Ir/c1-4-16-46(17-5-1)58-40-67-37-49(64-61(67)55-25-13-10-22-52(55)58)31-28-43-34-44(29-32-50-38-68-41-59(47-18-6-2-7-19-47)53-23-11-14-26-56(53)62(68)65-50)36-45(35-43)30-33-51-39-69-42-60(48-20-8-3-9-21-48)54-24-12-15-27-57(54)63(69)66-51;/h1-24,34-42H,28-33H2;/q-3;+3. The summed E-state index contributed by atoms with van der Waals surface area (Å²) in [6.45, 7) is 0. The molecule has 0 aliphatic heterocycles. The summed E-state index contributed by atoms with van der Waals surface area (Å²) in [6.07, 6.45) is 18.3. The van der Waals surface area contributed by atoms with Crippen molar-refractivity contribution < 1.29 is 20.1 Å². The van der Waals surface area contributed by atoms with Gasteiger partial charge >= 0.3 is 20.1 Å². The van der Waals surface area contributed by atoms with Crippen molar-refractivity contribution >= 4 is 49.3 Å². The summed E-state index contributed by atoms with van der Waals surface area (Å²) < 4.78 is 6.57. The van der Waals surface area contributed by atoms with Gasteiger partial charge in [0.1, 0.15) is 0 Å². The van der Waals surface area contributed by atoms with Crippen molar-refractivity contribution in [3.8, 4) is 33.4 Å². The van der Waals surface area contributed by atoms with Crippen molar-refractivity contribution in [3.05, 3.63) is 253 Å². The molecule has 6 aromatic heterocycles. The van der Waals surface area contributed by atoms with E-state index in [1.807, 2.05) is 18.2 Å². The molecule has 0 unspecified atom stereocenters. The first-order valence-corrected chi connectivity index (χ1v) is 23.9. The zero-order valence-corrected chi connectivity index (χ0v) is 40.7. The quantitative estimate of drug-likeness (QED) is 0.115. The van der Waals surface area contributed by atoms with E-state index < -0.39 is 0 Å². The Morgan fingerprint density at radius 2 is 0.629 bits per heavy atom. The van der Waals surface area contributed by atoms with Crippen molar-refractivity contribution in [1.82, 2.24) is 28.2 Å². The Kier molecular flexibility index (Phi) is 11.5. The minimum absolute atomic E-state index is 0. The number of hydrogen-bond donors (Lipinski definition) is 0. The van der Waals surface area contributed by atoms with Crippen LogP contribution in [0.15, 0.2) is 201 Å². The number of benzene rings is 7. The van der Waals surface area contributed by atoms with Gasteiger partial charge in [0.2, 0.25) is 0 Å². The molecule has 0 bridgehead atoms. The van der Waals surface area contributed by atoms with E-state index >= 15 is 0 Å². The van der Waals surface area contributed by atoms with Gasteiger partial charge in [0.25, 0.3) is 0 Å². The van der Waals surface area contributed by atoms with Crippen LogP contribution in [0.2, 0.25) is 0 Å². The molecular formula is C63H45IrN6. The van der Waals surface area contributed by atoms with Crippen LogP contribution in [0.3, 0.4) is 0 Å². The number of fused-ring (bicyclic) bond motifs is 9. The minimum Gasteiger partial charge on any atom is -0.346 e. The predicted molar refractivity (Wildman–Crippen MR) is 280 cm³/mol. The summed E-state index contributed by atoms with van der Waals surface area (Å²) in [4.78, 5) is 15.7. The zero-order chi connectivity index (χ0) is 45.7. The third-order valence-electron chi connectivity index (χ3n) is 13.6. The number of rotatable bonds is 12. The fourth-order valence-corrected chi connectivity index (χ4v) is 10.3. The number of nitrogens with zero attached hydrogens (tertiary/aromatic N) is 6. The number of imidazole rings is 3. The monoisotopic (exact) mass is 1080 g/mol. The number of aryl methyl sites for hydroxylation is 6. The summed E-state index contributed by atoms with van der Waals surface area (Å²) in [7, 11) is 0. The maximum Gasteiger partial charge on any atom is 3.00 e. The SMILES string of the molecule is [Ir+3].[c-]1cccc2c(-c3ccccc3)cn3cc(CCc4cc(CCc5cn6cc(-c7ccccc7)c7ccc[c-]c7c6n5)cc(CCc5cn6cc(-c7ccccc7)c7ccc[c-]c7c6n5)c4)nc3c12. The van der Waals surface area contributed by atoms with Crippen LogP contribution < -0.4 is 0 Å². The van der Waals surface area contributed by atoms with Gasteiger partial charge in [-0.15, -0.1) is 89.0 Å². The molecule has 0 spiro atoms. The second-order valence-electron chi connectivity index (χ2n) is 18.1. The second-order valence-corrected chi connectivity index (χ2v) is 18.1. The average Bonchev–Trinajstić information content (AvgIpc) is 4.16. The Hall–Kier alpha value is -7.96. The van der Waals surface area contributed by atoms with Crippen molar-refractivity contribution in [1.29, 1.82) is 0 Å². The number of hydrogen-bond acceptors (Lipinski definition) is 3. The fourth-order valence-electron chi connectivity index (χ4n) is 10.3. The van der Waals surface area contributed by atoms with Gasteiger partial charge in [0.05, 0.1) is 16.9 Å². The largest absolute Gasteiger partial charge is 3.00 e. The molecule has 0 aliphatic rings. The predicted octanol–water partition coefficient (Wildman–Crippen LogP) is 13.8. The third kappa shape index (κ3) is 8.17. The van der Waals surface area contributed by atoms with E-state index in [-0.39, 0.29) is 20.1 Å². The maximum atomic E-state index is 5.23. The van der Waals surface area contributed by atoms with Gasteiger partial charge in [-0.3, -0.25) is 15.0 Å². The van der Waals surface area contributed by atoms with Gasteiger partial charge in [0, 0.05) is 35.7 Å². The Morgan fingerprint density at radius 1 is 0.329 bits per heavy atom. The van der Waals surface area contributed by atoms with Gasteiger partial charge in [-0.25, -0.2) is 0 Å². The van der Waals surface area contributed by atoms with E-state index in [2.05, 4.69) is 214 Å². The van der Waals surface area contributed by atoms with Crippen LogP contribution in [0.1, 0.15) is 33.8 Å². The average molecular weight is 1080 g/mol. The van der Waals surface area contributed by atoms with Gasteiger partial charge in [-0.05, 0) is 107 Å². The second kappa shape index (κ2) is 18.5. The number of pyridine rings is 3.